The smallest absolute Gasteiger partial charge is 0.262 e. The molecule has 0 bridgehead atoms. The number of sulfonamides is 1. The van der Waals surface area contributed by atoms with Crippen molar-refractivity contribution >= 4 is 27.5 Å². The molecule has 1 unspecified atom stereocenters. The Kier molecular flexibility index (Phi) is 7.04. The van der Waals surface area contributed by atoms with Gasteiger partial charge in [0.05, 0.1) is 10.8 Å². The van der Waals surface area contributed by atoms with Crippen LogP contribution in [0.3, 0.4) is 0 Å². The van der Waals surface area contributed by atoms with Crippen LogP contribution < -0.4 is 10.0 Å². The van der Waals surface area contributed by atoms with Gasteiger partial charge in [0.15, 0.2) is 0 Å². The van der Waals surface area contributed by atoms with Gasteiger partial charge in [0.1, 0.15) is 5.84 Å². The van der Waals surface area contributed by atoms with E-state index in [1.807, 2.05) is 37.3 Å². The van der Waals surface area contributed by atoms with Crippen LogP contribution in [0.1, 0.15) is 50.5 Å². The van der Waals surface area contributed by atoms with Crippen molar-refractivity contribution in [3.63, 3.8) is 0 Å². The Balaban J connectivity index is 1.67. The first-order valence-electron chi connectivity index (χ1n) is 10.0. The zero-order valence-electron chi connectivity index (χ0n) is 16.6. The fraction of sp³-hybridized carbons (Fsp3) is 0.364. The summed E-state index contributed by atoms with van der Waals surface area (Å²) < 4.78 is 27.8. The minimum Gasteiger partial charge on any atom is -0.326 e. The lowest BCUT2D eigenvalue weighted by molar-refractivity contribution is -0.117. The fourth-order valence-corrected chi connectivity index (χ4v) is 4.47. The molecule has 0 saturated carbocycles. The van der Waals surface area contributed by atoms with Gasteiger partial charge in [0.25, 0.3) is 10.0 Å². The normalized spacial score (nSPS) is 15.7. The number of amides is 1. The second-order valence-electron chi connectivity index (χ2n) is 7.13. The Morgan fingerprint density at radius 1 is 1.03 bits per heavy atom. The molecular formula is C22H27N3O3S. The van der Waals surface area contributed by atoms with E-state index >= 15 is 0 Å². The molecule has 0 spiro atoms. The van der Waals surface area contributed by atoms with Crippen molar-refractivity contribution in [1.29, 1.82) is 0 Å². The molecule has 0 fully saturated rings. The zero-order valence-corrected chi connectivity index (χ0v) is 17.4. The summed E-state index contributed by atoms with van der Waals surface area (Å²) in [6.45, 7) is 2.62. The molecule has 2 aromatic carbocycles. The van der Waals surface area contributed by atoms with Gasteiger partial charge in [-0.2, -0.15) is 0 Å². The Hall–Kier alpha value is -2.67. The number of hydrogen-bond acceptors (Lipinski definition) is 4. The van der Waals surface area contributed by atoms with Crippen molar-refractivity contribution in [3.8, 4) is 0 Å². The highest BCUT2D eigenvalue weighted by Crippen LogP contribution is 2.22. The van der Waals surface area contributed by atoms with Crippen LogP contribution >= 0.6 is 0 Å². The molecule has 0 radical (unpaired) electrons. The maximum atomic E-state index is 12.7. The average molecular weight is 414 g/mol. The lowest BCUT2D eigenvalue weighted by Crippen LogP contribution is -2.30. The SMILES string of the molecule is CCC(C(=O)Nc1ccc(S(=O)(=O)NC2=NCCCCC2)cc1)c1ccccc1. The van der Waals surface area contributed by atoms with Gasteiger partial charge in [-0.1, -0.05) is 43.7 Å². The summed E-state index contributed by atoms with van der Waals surface area (Å²) in [4.78, 5) is 17.1. The van der Waals surface area contributed by atoms with Gasteiger partial charge in [-0.25, -0.2) is 8.42 Å². The minimum absolute atomic E-state index is 0.111. The lowest BCUT2D eigenvalue weighted by Gasteiger charge is -2.16. The molecule has 154 valence electrons. The molecule has 1 aliphatic heterocycles. The van der Waals surface area contributed by atoms with Crippen molar-refractivity contribution in [1.82, 2.24) is 4.72 Å². The standard InChI is InChI=1S/C22H27N3O3S/c1-2-20(17-9-5-3-6-10-17)22(26)24-18-12-14-19(15-13-18)29(27,28)25-21-11-7-4-8-16-23-21/h3,5-6,9-10,12-15,20H,2,4,7-8,11,16H2,1H3,(H,23,25)(H,24,26). The molecule has 1 aliphatic rings. The molecule has 0 aromatic heterocycles. The number of nitrogens with one attached hydrogen (secondary N) is 2. The largest absolute Gasteiger partial charge is 0.326 e. The molecule has 2 N–H and O–H groups in total. The molecule has 2 aromatic rings. The first-order chi connectivity index (χ1) is 14.0. The van der Waals surface area contributed by atoms with E-state index < -0.39 is 10.0 Å². The molecule has 29 heavy (non-hydrogen) atoms. The maximum absolute atomic E-state index is 12.7. The van der Waals surface area contributed by atoms with E-state index in [0.29, 0.717) is 30.9 Å². The Bertz CT molecular complexity index is 955. The van der Waals surface area contributed by atoms with E-state index in [-0.39, 0.29) is 16.7 Å². The third-order valence-corrected chi connectivity index (χ3v) is 6.38. The monoisotopic (exact) mass is 413 g/mol. The molecule has 3 rings (SSSR count). The number of anilines is 1. The summed E-state index contributed by atoms with van der Waals surface area (Å²) in [5.41, 5.74) is 1.52. The van der Waals surface area contributed by atoms with Crippen LogP contribution in [0.25, 0.3) is 0 Å². The summed E-state index contributed by atoms with van der Waals surface area (Å²) in [5, 5.41) is 2.88. The van der Waals surface area contributed by atoms with Crippen LogP contribution in [-0.4, -0.2) is 26.7 Å². The summed E-state index contributed by atoms with van der Waals surface area (Å²) >= 11 is 0. The first-order valence-corrected chi connectivity index (χ1v) is 11.5. The number of rotatable bonds is 6. The predicted octanol–water partition coefficient (Wildman–Crippen LogP) is 4.07. The van der Waals surface area contributed by atoms with Gasteiger partial charge in [0.2, 0.25) is 5.91 Å². The number of nitrogens with zero attached hydrogens (tertiary/aromatic N) is 1. The topological polar surface area (TPSA) is 87.6 Å². The van der Waals surface area contributed by atoms with E-state index in [2.05, 4.69) is 15.0 Å². The average Bonchev–Trinajstić information content (AvgIpc) is 2.98. The third kappa shape index (κ3) is 5.67. The van der Waals surface area contributed by atoms with Crippen molar-refractivity contribution in [3.05, 3.63) is 60.2 Å². The Morgan fingerprint density at radius 2 is 1.76 bits per heavy atom. The molecule has 1 heterocycles. The predicted molar refractivity (Wildman–Crippen MR) is 116 cm³/mol. The van der Waals surface area contributed by atoms with E-state index in [9.17, 15) is 13.2 Å². The van der Waals surface area contributed by atoms with Crippen molar-refractivity contribution in [2.24, 2.45) is 4.99 Å². The quantitative estimate of drug-likeness (QED) is 0.748. The summed E-state index contributed by atoms with van der Waals surface area (Å²) in [5.74, 6) is 0.156. The summed E-state index contributed by atoms with van der Waals surface area (Å²) in [6.07, 6.45) is 4.30. The van der Waals surface area contributed by atoms with Crippen molar-refractivity contribution in [2.45, 2.75) is 49.8 Å². The van der Waals surface area contributed by atoms with E-state index in [1.54, 1.807) is 12.1 Å². The van der Waals surface area contributed by atoms with Gasteiger partial charge in [-0.15, -0.1) is 0 Å². The van der Waals surface area contributed by atoms with E-state index in [0.717, 1.165) is 24.8 Å². The number of aliphatic imine (C=N–C) groups is 1. The fourth-order valence-electron chi connectivity index (χ4n) is 3.38. The minimum atomic E-state index is -3.68. The second-order valence-corrected chi connectivity index (χ2v) is 8.81. The van der Waals surface area contributed by atoms with Crippen molar-refractivity contribution < 1.29 is 13.2 Å². The maximum Gasteiger partial charge on any atom is 0.262 e. The number of hydrogen-bond donors (Lipinski definition) is 2. The molecule has 1 atom stereocenters. The highest BCUT2D eigenvalue weighted by Gasteiger charge is 2.20. The van der Waals surface area contributed by atoms with E-state index in [1.165, 1.54) is 12.1 Å². The molecule has 0 aliphatic carbocycles. The van der Waals surface area contributed by atoms with E-state index in [4.69, 9.17) is 0 Å². The zero-order chi connectivity index (χ0) is 20.7. The lowest BCUT2D eigenvalue weighted by atomic mass is 9.95. The number of carbonyl (C=O) groups is 1. The van der Waals surface area contributed by atoms with Crippen LogP contribution in [0.4, 0.5) is 5.69 Å². The number of benzene rings is 2. The Morgan fingerprint density at radius 3 is 2.45 bits per heavy atom. The van der Waals surface area contributed by atoms with Crippen LogP contribution in [0.15, 0.2) is 64.5 Å². The van der Waals surface area contributed by atoms with Crippen molar-refractivity contribution in [2.75, 3.05) is 11.9 Å². The van der Waals surface area contributed by atoms with Gasteiger partial charge in [-0.3, -0.25) is 14.5 Å². The van der Waals surface area contributed by atoms with Crippen LogP contribution in [0.5, 0.6) is 0 Å². The number of carbonyl (C=O) groups excluding carboxylic acids is 1. The highest BCUT2D eigenvalue weighted by molar-refractivity contribution is 7.90. The number of amidine groups is 1. The van der Waals surface area contributed by atoms with Crippen LogP contribution in [-0.2, 0) is 14.8 Å². The Labute approximate surface area is 172 Å². The van der Waals surface area contributed by atoms with Gasteiger partial charge in [-0.05, 0) is 49.1 Å². The third-order valence-electron chi connectivity index (χ3n) is 4.99. The molecule has 6 nitrogen and oxygen atoms in total. The second kappa shape index (κ2) is 9.69. The van der Waals surface area contributed by atoms with Gasteiger partial charge in [0, 0.05) is 18.7 Å². The summed E-state index contributed by atoms with van der Waals surface area (Å²) in [6, 6.07) is 15.8. The van der Waals surface area contributed by atoms with Gasteiger partial charge < -0.3 is 5.32 Å². The summed E-state index contributed by atoms with van der Waals surface area (Å²) in [7, 11) is -3.68. The molecule has 1 amide bonds. The molecular weight excluding hydrogens is 386 g/mol. The van der Waals surface area contributed by atoms with Crippen LogP contribution in [0, 0.1) is 0 Å². The van der Waals surface area contributed by atoms with Gasteiger partial charge >= 0.3 is 0 Å². The highest BCUT2D eigenvalue weighted by atomic mass is 32.2. The van der Waals surface area contributed by atoms with Crippen LogP contribution in [0.2, 0.25) is 0 Å². The molecule has 0 saturated heterocycles. The first kappa shape index (κ1) is 21.0. The molecule has 7 heteroatoms.